The number of hydrogen-bond acceptors (Lipinski definition) is 11. The lowest BCUT2D eigenvalue weighted by atomic mass is 10.1. The molecule has 0 bridgehead atoms. The van der Waals surface area contributed by atoms with Gasteiger partial charge in [0.25, 0.3) is 5.88 Å². The second kappa shape index (κ2) is 10.8. The molecule has 0 aliphatic carbocycles. The van der Waals surface area contributed by atoms with Crippen molar-refractivity contribution >= 4 is 41.4 Å². The van der Waals surface area contributed by atoms with E-state index in [2.05, 4.69) is 14.7 Å². The summed E-state index contributed by atoms with van der Waals surface area (Å²) in [5, 5.41) is 20.5. The highest BCUT2D eigenvalue weighted by Gasteiger charge is 2.21. The van der Waals surface area contributed by atoms with Gasteiger partial charge in [-0.1, -0.05) is 11.6 Å². The maximum absolute atomic E-state index is 12.6. The molecule has 14 heteroatoms. The predicted molar refractivity (Wildman–Crippen MR) is 130 cm³/mol. The maximum Gasteiger partial charge on any atom is 0.395 e. The van der Waals surface area contributed by atoms with Gasteiger partial charge >= 0.3 is 23.2 Å². The highest BCUT2D eigenvalue weighted by molar-refractivity contribution is 6.33. The molecule has 1 aromatic carbocycles. The summed E-state index contributed by atoms with van der Waals surface area (Å²) in [6.07, 6.45) is 2.68. The number of nitrogens with one attached hydrogen (secondary N) is 1. The number of aromatic amines is 1. The number of nitro groups is 1. The van der Waals surface area contributed by atoms with Gasteiger partial charge in [-0.3, -0.25) is 14.9 Å². The monoisotopic (exact) mass is 541 g/mol. The van der Waals surface area contributed by atoms with Crippen LogP contribution in [0.1, 0.15) is 38.3 Å². The van der Waals surface area contributed by atoms with Gasteiger partial charge in [0, 0.05) is 5.56 Å². The first-order chi connectivity index (χ1) is 18.2. The molecule has 13 nitrogen and oxygen atoms in total. The molecule has 3 aromatic heterocycles. The maximum atomic E-state index is 12.6. The fourth-order valence-corrected chi connectivity index (χ4v) is 3.38. The van der Waals surface area contributed by atoms with E-state index in [-0.39, 0.29) is 34.5 Å². The zero-order valence-corrected chi connectivity index (χ0v) is 20.1. The Bertz CT molecular complexity index is 1630. The van der Waals surface area contributed by atoms with Gasteiger partial charge in [-0.05, 0) is 54.6 Å². The summed E-state index contributed by atoms with van der Waals surface area (Å²) in [4.78, 5) is 51.3. The minimum atomic E-state index is -1.11. The molecule has 3 heterocycles. The van der Waals surface area contributed by atoms with Crippen molar-refractivity contribution in [1.82, 2.24) is 9.97 Å². The van der Waals surface area contributed by atoms with E-state index in [0.717, 1.165) is 0 Å². The Hall–Kier alpha value is -5.17. The molecule has 194 valence electrons. The van der Waals surface area contributed by atoms with Crippen molar-refractivity contribution in [3.05, 3.63) is 96.6 Å². The second-order valence-corrected chi connectivity index (χ2v) is 7.85. The van der Waals surface area contributed by atoms with E-state index in [1.54, 1.807) is 18.2 Å². The molecule has 4 rings (SSSR count). The summed E-state index contributed by atoms with van der Waals surface area (Å²) < 4.78 is 20.8. The van der Waals surface area contributed by atoms with E-state index in [0.29, 0.717) is 17.1 Å². The highest BCUT2D eigenvalue weighted by atomic mass is 35.5. The van der Waals surface area contributed by atoms with Crippen LogP contribution in [0.25, 0.3) is 23.5 Å². The van der Waals surface area contributed by atoms with Gasteiger partial charge in [0.2, 0.25) is 5.76 Å². The first kappa shape index (κ1) is 25.9. The topological polar surface area (TPSA) is 188 Å². The number of aromatic hydroxyl groups is 1. The minimum absolute atomic E-state index is 0.0335. The molecular weight excluding hydrogens is 526 g/mol. The van der Waals surface area contributed by atoms with Crippen molar-refractivity contribution in [2.45, 2.75) is 6.61 Å². The number of carbonyl (C=O) groups excluding carboxylic acids is 2. The van der Waals surface area contributed by atoms with E-state index >= 15 is 0 Å². The number of ether oxygens (including phenoxy) is 2. The lowest BCUT2D eigenvalue weighted by molar-refractivity contribution is -0.387. The Morgan fingerprint density at radius 1 is 1.16 bits per heavy atom. The molecule has 0 fully saturated rings. The first-order valence-electron chi connectivity index (χ1n) is 10.6. The Morgan fingerprint density at radius 3 is 2.66 bits per heavy atom. The van der Waals surface area contributed by atoms with Crippen molar-refractivity contribution in [1.29, 1.82) is 0 Å². The Labute approximate surface area is 217 Å². The standard InChI is InChI=1S/C24H16ClN3O10/c1-35-24(32)18-8-4-14(38-18)11-36-23(31)15-10-12(2-6-16(15)25)17-7-3-13(37-17)5-9-19-26-21(29)20(28(33)34)22(30)27-19/h2-10H,11H2,1H3,(H2,26,27,29,30)/b9-5+. The third-order valence-electron chi connectivity index (χ3n) is 4.97. The average molecular weight is 542 g/mol. The second-order valence-electron chi connectivity index (χ2n) is 7.44. The largest absolute Gasteiger partial charge is 0.488 e. The van der Waals surface area contributed by atoms with E-state index < -0.39 is 34.0 Å². The summed E-state index contributed by atoms with van der Waals surface area (Å²) in [7, 11) is 1.21. The number of nitrogens with zero attached hydrogens (tertiary/aromatic N) is 2. The molecule has 4 aromatic rings. The SMILES string of the molecule is COC(=O)c1ccc(COC(=O)c2cc(-c3ccc(/C=C/c4nc(O)c([N+](=O)[O-])c(=O)[nH]4)o3)ccc2Cl)o1. The van der Waals surface area contributed by atoms with Gasteiger partial charge in [-0.2, -0.15) is 4.98 Å². The molecular formula is C24H16ClN3O10. The molecule has 0 atom stereocenters. The summed E-state index contributed by atoms with van der Waals surface area (Å²) in [5.74, 6) is -1.71. The number of rotatable bonds is 8. The number of carbonyl (C=O) groups is 2. The zero-order chi connectivity index (χ0) is 27.4. The number of methoxy groups -OCH3 is 1. The van der Waals surface area contributed by atoms with Crippen LogP contribution >= 0.6 is 11.6 Å². The van der Waals surface area contributed by atoms with E-state index in [4.69, 9.17) is 25.2 Å². The van der Waals surface area contributed by atoms with Gasteiger partial charge in [0.1, 0.15) is 29.7 Å². The summed E-state index contributed by atoms with van der Waals surface area (Å²) in [5.41, 5.74) is -1.62. The molecule has 0 spiro atoms. The molecule has 0 saturated carbocycles. The van der Waals surface area contributed by atoms with Crippen LogP contribution in [0, 0.1) is 10.1 Å². The van der Waals surface area contributed by atoms with Crippen LogP contribution in [-0.4, -0.2) is 39.0 Å². The number of halogens is 1. The summed E-state index contributed by atoms with van der Waals surface area (Å²) >= 11 is 6.18. The first-order valence-corrected chi connectivity index (χ1v) is 10.9. The van der Waals surface area contributed by atoms with E-state index in [1.165, 1.54) is 43.5 Å². The molecule has 0 unspecified atom stereocenters. The predicted octanol–water partition coefficient (Wildman–Crippen LogP) is 4.20. The smallest absolute Gasteiger partial charge is 0.395 e. The normalized spacial score (nSPS) is 11.0. The van der Waals surface area contributed by atoms with Gasteiger partial charge in [0.05, 0.1) is 22.6 Å². The lowest BCUT2D eigenvalue weighted by Gasteiger charge is -2.07. The van der Waals surface area contributed by atoms with Crippen LogP contribution < -0.4 is 5.56 Å². The average Bonchev–Trinajstić information content (AvgIpc) is 3.55. The van der Waals surface area contributed by atoms with Crippen LogP contribution in [0.3, 0.4) is 0 Å². The van der Waals surface area contributed by atoms with Gasteiger partial charge < -0.3 is 28.4 Å². The van der Waals surface area contributed by atoms with Crippen LogP contribution in [-0.2, 0) is 16.1 Å². The molecule has 0 saturated heterocycles. The third-order valence-corrected chi connectivity index (χ3v) is 5.30. The molecule has 0 radical (unpaired) electrons. The number of benzene rings is 1. The molecule has 0 aliphatic heterocycles. The number of H-pyrrole nitrogens is 1. The van der Waals surface area contributed by atoms with E-state index in [9.17, 15) is 29.6 Å². The van der Waals surface area contributed by atoms with Crippen LogP contribution in [0.4, 0.5) is 5.69 Å². The van der Waals surface area contributed by atoms with Gasteiger partial charge in [-0.15, -0.1) is 0 Å². The number of esters is 2. The lowest BCUT2D eigenvalue weighted by Crippen LogP contribution is -2.14. The summed E-state index contributed by atoms with van der Waals surface area (Å²) in [6, 6.07) is 10.6. The van der Waals surface area contributed by atoms with Crippen molar-refractivity contribution in [3.63, 3.8) is 0 Å². The quantitative estimate of drug-likeness (QED) is 0.185. The molecule has 2 N–H and O–H groups in total. The number of furan rings is 2. The van der Waals surface area contributed by atoms with Gasteiger partial charge in [0.15, 0.2) is 0 Å². The van der Waals surface area contributed by atoms with Crippen LogP contribution in [0.5, 0.6) is 5.88 Å². The van der Waals surface area contributed by atoms with Crippen molar-refractivity contribution < 1.29 is 37.9 Å². The highest BCUT2D eigenvalue weighted by Crippen LogP contribution is 2.28. The van der Waals surface area contributed by atoms with Crippen molar-refractivity contribution in [3.8, 4) is 17.2 Å². The third kappa shape index (κ3) is 5.63. The van der Waals surface area contributed by atoms with Crippen molar-refractivity contribution in [2.24, 2.45) is 0 Å². The Balaban J connectivity index is 1.48. The Kier molecular flexibility index (Phi) is 7.39. The number of aromatic nitrogens is 2. The van der Waals surface area contributed by atoms with Crippen LogP contribution in [0.2, 0.25) is 5.02 Å². The van der Waals surface area contributed by atoms with E-state index in [1.807, 2.05) is 0 Å². The Morgan fingerprint density at radius 2 is 1.95 bits per heavy atom. The number of hydrogen-bond donors (Lipinski definition) is 2. The van der Waals surface area contributed by atoms with Crippen LogP contribution in [0.15, 0.2) is 56.1 Å². The fourth-order valence-electron chi connectivity index (χ4n) is 3.19. The zero-order valence-electron chi connectivity index (χ0n) is 19.3. The fraction of sp³-hybridized carbons (Fsp3) is 0.0833. The summed E-state index contributed by atoms with van der Waals surface area (Å²) in [6.45, 7) is -0.250. The van der Waals surface area contributed by atoms with Crippen molar-refractivity contribution in [2.75, 3.05) is 7.11 Å². The minimum Gasteiger partial charge on any atom is -0.488 e. The van der Waals surface area contributed by atoms with Gasteiger partial charge in [-0.25, -0.2) is 9.59 Å². The molecule has 0 aliphatic rings. The molecule has 0 amide bonds. The molecule has 38 heavy (non-hydrogen) atoms.